The van der Waals surface area contributed by atoms with Crippen molar-refractivity contribution in [2.75, 3.05) is 18.9 Å². The fourth-order valence-electron chi connectivity index (χ4n) is 1.48. The van der Waals surface area contributed by atoms with Gasteiger partial charge in [0, 0.05) is 15.6 Å². The number of halogens is 2. The first-order chi connectivity index (χ1) is 9.15. The molecule has 5 heteroatoms. The fourth-order valence-corrected chi connectivity index (χ4v) is 1.90. The van der Waals surface area contributed by atoms with Gasteiger partial charge in [0.05, 0.1) is 5.69 Å². The van der Waals surface area contributed by atoms with E-state index in [0.29, 0.717) is 29.7 Å². The van der Waals surface area contributed by atoms with Gasteiger partial charge in [-0.1, -0.05) is 27.5 Å². The molecule has 19 heavy (non-hydrogen) atoms. The van der Waals surface area contributed by atoms with Gasteiger partial charge < -0.3 is 15.2 Å². The maximum absolute atomic E-state index is 5.87. The molecule has 3 nitrogen and oxygen atoms in total. The van der Waals surface area contributed by atoms with Gasteiger partial charge in [0.2, 0.25) is 0 Å². The summed E-state index contributed by atoms with van der Waals surface area (Å²) < 4.78 is 12.1. The summed E-state index contributed by atoms with van der Waals surface area (Å²) >= 11 is 9.24. The summed E-state index contributed by atoms with van der Waals surface area (Å²) in [4.78, 5) is 0. The second kappa shape index (κ2) is 6.68. The first-order valence-corrected chi connectivity index (χ1v) is 6.88. The lowest BCUT2D eigenvalue weighted by molar-refractivity contribution is 0.218. The first-order valence-electron chi connectivity index (χ1n) is 5.71. The Morgan fingerprint density at radius 2 is 1.68 bits per heavy atom. The maximum atomic E-state index is 5.87. The number of nitrogen functional groups attached to an aromatic ring is 1. The molecule has 0 bridgehead atoms. The Morgan fingerprint density at radius 1 is 1.00 bits per heavy atom. The van der Waals surface area contributed by atoms with E-state index in [-0.39, 0.29) is 0 Å². The average Bonchev–Trinajstić information content (AvgIpc) is 2.40. The summed E-state index contributed by atoms with van der Waals surface area (Å²) in [5.74, 6) is 1.37. The second-order valence-corrected chi connectivity index (χ2v) is 5.19. The molecule has 0 aliphatic rings. The van der Waals surface area contributed by atoms with Gasteiger partial charge in [-0.2, -0.15) is 0 Å². The number of rotatable bonds is 5. The highest BCUT2D eigenvalue weighted by Gasteiger charge is 2.01. The zero-order valence-electron chi connectivity index (χ0n) is 10.1. The van der Waals surface area contributed by atoms with Crippen LogP contribution in [0.4, 0.5) is 5.69 Å². The van der Waals surface area contributed by atoms with Crippen LogP contribution in [0, 0.1) is 0 Å². The Morgan fingerprint density at radius 3 is 2.42 bits per heavy atom. The summed E-state index contributed by atoms with van der Waals surface area (Å²) in [7, 11) is 0. The molecule has 0 amide bonds. The molecule has 2 N–H and O–H groups in total. The topological polar surface area (TPSA) is 44.5 Å². The van der Waals surface area contributed by atoms with Gasteiger partial charge in [0.25, 0.3) is 0 Å². The normalized spacial score (nSPS) is 10.2. The Hall–Kier alpha value is -1.39. The van der Waals surface area contributed by atoms with Crippen molar-refractivity contribution >= 4 is 33.2 Å². The highest BCUT2D eigenvalue weighted by atomic mass is 79.9. The van der Waals surface area contributed by atoms with Crippen LogP contribution in [0.2, 0.25) is 5.02 Å². The molecule has 0 aliphatic heterocycles. The zero-order chi connectivity index (χ0) is 13.7. The minimum Gasteiger partial charge on any atom is -0.490 e. The third kappa shape index (κ3) is 4.33. The van der Waals surface area contributed by atoms with E-state index in [0.717, 1.165) is 10.2 Å². The smallest absolute Gasteiger partial charge is 0.143 e. The van der Waals surface area contributed by atoms with Crippen molar-refractivity contribution in [1.29, 1.82) is 0 Å². The van der Waals surface area contributed by atoms with E-state index in [9.17, 15) is 0 Å². The fraction of sp³-hybridized carbons (Fsp3) is 0.143. The third-order valence-electron chi connectivity index (χ3n) is 2.40. The van der Waals surface area contributed by atoms with Gasteiger partial charge in [0.1, 0.15) is 24.7 Å². The quantitative estimate of drug-likeness (QED) is 0.656. The van der Waals surface area contributed by atoms with Gasteiger partial charge in [-0.15, -0.1) is 0 Å². The molecular weight excluding hydrogens is 330 g/mol. The van der Waals surface area contributed by atoms with E-state index in [2.05, 4.69) is 15.9 Å². The summed E-state index contributed by atoms with van der Waals surface area (Å²) in [6.45, 7) is 0.841. The van der Waals surface area contributed by atoms with Crippen molar-refractivity contribution in [3.63, 3.8) is 0 Å². The second-order valence-electron chi connectivity index (χ2n) is 3.83. The van der Waals surface area contributed by atoms with Crippen LogP contribution in [0.5, 0.6) is 11.5 Å². The van der Waals surface area contributed by atoms with Crippen LogP contribution < -0.4 is 15.2 Å². The lowest BCUT2D eigenvalue weighted by atomic mass is 10.3. The highest BCUT2D eigenvalue weighted by molar-refractivity contribution is 9.10. The SMILES string of the molecule is Nc1ccc(Cl)cc1OCCOc1ccc(Br)cc1. The predicted octanol–water partition coefficient (Wildman–Crippen LogP) is 4.14. The van der Waals surface area contributed by atoms with Gasteiger partial charge in [-0.25, -0.2) is 0 Å². The molecule has 2 aromatic carbocycles. The lowest BCUT2D eigenvalue weighted by Crippen LogP contribution is -2.09. The van der Waals surface area contributed by atoms with Gasteiger partial charge in [0.15, 0.2) is 0 Å². The molecule has 0 aromatic heterocycles. The monoisotopic (exact) mass is 341 g/mol. The van der Waals surface area contributed by atoms with Crippen LogP contribution in [0.1, 0.15) is 0 Å². The molecule has 0 unspecified atom stereocenters. The average molecular weight is 343 g/mol. The van der Waals surface area contributed by atoms with Crippen LogP contribution in [-0.2, 0) is 0 Å². The van der Waals surface area contributed by atoms with Crippen molar-refractivity contribution in [3.05, 3.63) is 52.0 Å². The van der Waals surface area contributed by atoms with Crippen LogP contribution >= 0.6 is 27.5 Å². The summed E-state index contributed by atoms with van der Waals surface area (Å²) in [5.41, 5.74) is 6.33. The minimum absolute atomic E-state index is 0.403. The van der Waals surface area contributed by atoms with Crippen LogP contribution in [0.25, 0.3) is 0 Å². The van der Waals surface area contributed by atoms with E-state index in [1.54, 1.807) is 18.2 Å². The molecule has 0 saturated heterocycles. The van der Waals surface area contributed by atoms with Crippen molar-refractivity contribution in [3.8, 4) is 11.5 Å². The molecule has 2 aromatic rings. The van der Waals surface area contributed by atoms with Crippen molar-refractivity contribution in [2.45, 2.75) is 0 Å². The van der Waals surface area contributed by atoms with Crippen LogP contribution in [-0.4, -0.2) is 13.2 Å². The molecule has 0 radical (unpaired) electrons. The van der Waals surface area contributed by atoms with E-state index >= 15 is 0 Å². The van der Waals surface area contributed by atoms with Crippen LogP contribution in [0.15, 0.2) is 46.9 Å². The predicted molar refractivity (Wildman–Crippen MR) is 81.0 cm³/mol. The lowest BCUT2D eigenvalue weighted by Gasteiger charge is -2.10. The minimum atomic E-state index is 0.403. The van der Waals surface area contributed by atoms with Crippen molar-refractivity contribution in [2.24, 2.45) is 0 Å². The Kier molecular flexibility index (Phi) is 4.93. The Balaban J connectivity index is 1.80. The van der Waals surface area contributed by atoms with E-state index in [4.69, 9.17) is 26.8 Å². The van der Waals surface area contributed by atoms with Crippen molar-refractivity contribution < 1.29 is 9.47 Å². The molecular formula is C14H13BrClNO2. The highest BCUT2D eigenvalue weighted by Crippen LogP contribution is 2.25. The largest absolute Gasteiger partial charge is 0.490 e. The molecule has 0 saturated carbocycles. The molecule has 2 rings (SSSR count). The molecule has 0 heterocycles. The van der Waals surface area contributed by atoms with Gasteiger partial charge in [-0.3, -0.25) is 0 Å². The van der Waals surface area contributed by atoms with E-state index in [1.165, 1.54) is 0 Å². The van der Waals surface area contributed by atoms with Crippen LogP contribution in [0.3, 0.4) is 0 Å². The zero-order valence-corrected chi connectivity index (χ0v) is 12.4. The number of benzene rings is 2. The summed E-state index contributed by atoms with van der Waals surface area (Å²) in [5, 5.41) is 0.595. The number of hydrogen-bond donors (Lipinski definition) is 1. The molecule has 0 fully saturated rings. The first kappa shape index (κ1) is 14.0. The summed E-state index contributed by atoms with van der Waals surface area (Å²) in [6, 6.07) is 12.7. The molecule has 0 spiro atoms. The number of anilines is 1. The number of ether oxygens (including phenoxy) is 2. The van der Waals surface area contributed by atoms with Crippen molar-refractivity contribution in [1.82, 2.24) is 0 Å². The third-order valence-corrected chi connectivity index (χ3v) is 3.16. The molecule has 100 valence electrons. The number of hydrogen-bond acceptors (Lipinski definition) is 3. The van der Waals surface area contributed by atoms with E-state index < -0.39 is 0 Å². The Labute approximate surface area is 125 Å². The standard InChI is InChI=1S/C14H13BrClNO2/c15-10-1-4-12(5-2-10)18-7-8-19-14-9-11(16)3-6-13(14)17/h1-6,9H,7-8,17H2. The maximum Gasteiger partial charge on any atom is 0.143 e. The van der Waals surface area contributed by atoms with Gasteiger partial charge in [-0.05, 0) is 36.4 Å². The molecule has 0 aliphatic carbocycles. The van der Waals surface area contributed by atoms with Gasteiger partial charge >= 0.3 is 0 Å². The summed E-state index contributed by atoms with van der Waals surface area (Å²) in [6.07, 6.45) is 0. The Bertz CT molecular complexity index is 546. The molecule has 0 atom stereocenters. The number of nitrogens with two attached hydrogens (primary N) is 1. The van der Waals surface area contributed by atoms with E-state index in [1.807, 2.05) is 24.3 Å².